The monoisotopic (exact) mass is 398 g/mol. The molecule has 0 aromatic rings. The Hall–Kier alpha value is -0.560. The van der Waals surface area contributed by atoms with Crippen molar-refractivity contribution in [2.24, 2.45) is 46.3 Å². The van der Waals surface area contributed by atoms with Crippen molar-refractivity contribution >= 4 is 0 Å². The summed E-state index contributed by atoms with van der Waals surface area (Å²) in [6.45, 7) is 14.7. The Bertz CT molecular complexity index is 672. The van der Waals surface area contributed by atoms with Crippen LogP contribution in [-0.4, -0.2) is 11.2 Å². The molecule has 3 saturated carbocycles. The van der Waals surface area contributed by atoms with E-state index in [1.54, 1.807) is 0 Å². The highest BCUT2D eigenvalue weighted by Gasteiger charge is 2.55. The van der Waals surface area contributed by atoms with E-state index in [-0.39, 0.29) is 6.10 Å². The summed E-state index contributed by atoms with van der Waals surface area (Å²) < 4.78 is 0. The molecule has 0 bridgehead atoms. The zero-order valence-electron chi connectivity index (χ0n) is 20.0. The number of hydrogen-bond acceptors (Lipinski definition) is 1. The van der Waals surface area contributed by atoms with Gasteiger partial charge >= 0.3 is 0 Å². The molecule has 0 saturated heterocycles. The third kappa shape index (κ3) is 3.58. The van der Waals surface area contributed by atoms with Gasteiger partial charge in [0, 0.05) is 0 Å². The molecular formula is C28H46O. The van der Waals surface area contributed by atoms with Crippen LogP contribution in [0.15, 0.2) is 23.3 Å². The van der Waals surface area contributed by atoms with Crippen molar-refractivity contribution in [1.82, 2.24) is 0 Å². The molecule has 1 heteroatoms. The van der Waals surface area contributed by atoms with E-state index in [1.165, 1.54) is 44.9 Å². The average molecular weight is 399 g/mol. The SMILES string of the molecule is CC(C)C(C)C=CC(C)C1CCC2=C3CCC4CC(O)CCC4(C)C3CCC21C. The predicted molar refractivity (Wildman–Crippen MR) is 124 cm³/mol. The van der Waals surface area contributed by atoms with Crippen LogP contribution in [-0.2, 0) is 0 Å². The van der Waals surface area contributed by atoms with Crippen LogP contribution in [0, 0.1) is 46.3 Å². The van der Waals surface area contributed by atoms with Gasteiger partial charge in [0.15, 0.2) is 0 Å². The minimum Gasteiger partial charge on any atom is -0.393 e. The van der Waals surface area contributed by atoms with Gasteiger partial charge in [0.1, 0.15) is 0 Å². The van der Waals surface area contributed by atoms with Crippen LogP contribution in [0.5, 0.6) is 0 Å². The third-order valence-corrected chi connectivity index (χ3v) is 10.4. The van der Waals surface area contributed by atoms with E-state index < -0.39 is 0 Å². The maximum Gasteiger partial charge on any atom is 0.0543 e. The highest BCUT2D eigenvalue weighted by Crippen LogP contribution is 2.65. The Morgan fingerprint density at radius 1 is 0.931 bits per heavy atom. The van der Waals surface area contributed by atoms with E-state index in [9.17, 15) is 5.11 Å². The van der Waals surface area contributed by atoms with Gasteiger partial charge in [0.2, 0.25) is 0 Å². The van der Waals surface area contributed by atoms with Crippen LogP contribution in [0.4, 0.5) is 0 Å². The molecule has 29 heavy (non-hydrogen) atoms. The maximum absolute atomic E-state index is 10.3. The van der Waals surface area contributed by atoms with Gasteiger partial charge in [-0.1, -0.05) is 64.8 Å². The second-order valence-electron chi connectivity index (χ2n) is 12.2. The minimum absolute atomic E-state index is 0.0344. The first-order valence-corrected chi connectivity index (χ1v) is 12.8. The summed E-state index contributed by atoms with van der Waals surface area (Å²) in [4.78, 5) is 0. The van der Waals surface area contributed by atoms with Crippen LogP contribution in [0.2, 0.25) is 0 Å². The van der Waals surface area contributed by atoms with E-state index in [0.29, 0.717) is 22.7 Å². The second-order valence-corrected chi connectivity index (χ2v) is 12.2. The summed E-state index contributed by atoms with van der Waals surface area (Å²) in [5.41, 5.74) is 4.68. The van der Waals surface area contributed by atoms with Crippen LogP contribution in [0.25, 0.3) is 0 Å². The molecule has 0 aromatic heterocycles. The van der Waals surface area contributed by atoms with Crippen molar-refractivity contribution in [3.63, 3.8) is 0 Å². The molecule has 164 valence electrons. The first-order valence-electron chi connectivity index (χ1n) is 12.8. The Morgan fingerprint density at radius 2 is 1.69 bits per heavy atom. The summed E-state index contributed by atoms with van der Waals surface area (Å²) in [6, 6.07) is 0. The lowest BCUT2D eigenvalue weighted by atomic mass is 9.49. The van der Waals surface area contributed by atoms with E-state index in [1.807, 2.05) is 11.1 Å². The Morgan fingerprint density at radius 3 is 2.41 bits per heavy atom. The zero-order chi connectivity index (χ0) is 21.0. The van der Waals surface area contributed by atoms with E-state index in [4.69, 9.17) is 0 Å². The molecule has 0 radical (unpaired) electrons. The van der Waals surface area contributed by atoms with Gasteiger partial charge in [-0.2, -0.15) is 0 Å². The molecule has 4 aliphatic rings. The van der Waals surface area contributed by atoms with Gasteiger partial charge in [-0.15, -0.1) is 0 Å². The van der Waals surface area contributed by atoms with E-state index in [0.717, 1.165) is 36.5 Å². The standard InChI is InChI=1S/C28H46O/c1-18(2)19(3)7-8-20(4)24-11-12-25-23-10-9-21-17-22(29)13-15-27(21,5)26(23)14-16-28(24,25)6/h7-8,18-22,24,26,29H,9-17H2,1-6H3. The lowest BCUT2D eigenvalue weighted by Crippen LogP contribution is -2.48. The molecule has 8 atom stereocenters. The van der Waals surface area contributed by atoms with E-state index >= 15 is 0 Å². The quantitative estimate of drug-likeness (QED) is 0.484. The van der Waals surface area contributed by atoms with Crippen molar-refractivity contribution in [1.29, 1.82) is 0 Å². The molecular weight excluding hydrogens is 352 g/mol. The Balaban J connectivity index is 1.58. The fraction of sp³-hybridized carbons (Fsp3) is 0.857. The smallest absolute Gasteiger partial charge is 0.0543 e. The van der Waals surface area contributed by atoms with Gasteiger partial charge in [-0.3, -0.25) is 0 Å². The lowest BCUT2D eigenvalue weighted by Gasteiger charge is -2.56. The molecule has 1 N–H and O–H groups in total. The fourth-order valence-corrected chi connectivity index (χ4v) is 8.06. The topological polar surface area (TPSA) is 20.2 Å². The first-order chi connectivity index (χ1) is 13.7. The number of hydrogen-bond donors (Lipinski definition) is 1. The van der Waals surface area contributed by atoms with Crippen LogP contribution >= 0.6 is 0 Å². The van der Waals surface area contributed by atoms with Crippen molar-refractivity contribution in [3.8, 4) is 0 Å². The van der Waals surface area contributed by atoms with Gasteiger partial charge < -0.3 is 5.11 Å². The molecule has 0 amide bonds. The molecule has 4 aliphatic carbocycles. The summed E-state index contributed by atoms with van der Waals surface area (Å²) in [7, 11) is 0. The van der Waals surface area contributed by atoms with E-state index in [2.05, 4.69) is 53.7 Å². The van der Waals surface area contributed by atoms with Crippen molar-refractivity contribution in [3.05, 3.63) is 23.3 Å². The molecule has 4 rings (SSSR count). The summed E-state index contributed by atoms with van der Waals surface area (Å²) >= 11 is 0. The van der Waals surface area contributed by atoms with Crippen molar-refractivity contribution < 1.29 is 5.11 Å². The second kappa shape index (κ2) is 7.85. The maximum atomic E-state index is 10.3. The summed E-state index contributed by atoms with van der Waals surface area (Å²) in [5.74, 6) is 4.48. The molecule has 0 aliphatic heterocycles. The highest BCUT2D eigenvalue weighted by atomic mass is 16.3. The predicted octanol–water partition coefficient (Wildman–Crippen LogP) is 7.55. The zero-order valence-corrected chi connectivity index (χ0v) is 20.0. The Labute approximate surface area is 180 Å². The molecule has 1 nitrogen and oxygen atoms in total. The molecule has 0 spiro atoms. The number of allylic oxidation sites excluding steroid dienone is 4. The fourth-order valence-electron chi connectivity index (χ4n) is 8.06. The normalized spacial score (nSPS) is 44.6. The molecule has 3 fully saturated rings. The van der Waals surface area contributed by atoms with Gasteiger partial charge in [0.05, 0.1) is 6.10 Å². The number of rotatable bonds is 4. The number of aliphatic hydroxyl groups excluding tert-OH is 1. The van der Waals surface area contributed by atoms with Crippen molar-refractivity contribution in [2.45, 2.75) is 105 Å². The molecule has 0 aromatic carbocycles. The average Bonchev–Trinajstić information content (AvgIpc) is 3.03. The largest absolute Gasteiger partial charge is 0.393 e. The van der Waals surface area contributed by atoms with Gasteiger partial charge in [0.25, 0.3) is 0 Å². The Kier molecular flexibility index (Phi) is 5.86. The van der Waals surface area contributed by atoms with Gasteiger partial charge in [-0.05, 0) is 104 Å². The molecule has 8 unspecified atom stereocenters. The number of fused-ring (bicyclic) bond motifs is 4. The van der Waals surface area contributed by atoms with Crippen LogP contribution in [0.1, 0.15) is 99.3 Å². The van der Waals surface area contributed by atoms with Crippen LogP contribution < -0.4 is 0 Å². The lowest BCUT2D eigenvalue weighted by molar-refractivity contribution is -0.0377. The molecule has 0 heterocycles. The first kappa shape index (κ1) is 21.7. The third-order valence-electron chi connectivity index (χ3n) is 10.4. The minimum atomic E-state index is -0.0344. The van der Waals surface area contributed by atoms with Gasteiger partial charge in [-0.25, -0.2) is 0 Å². The van der Waals surface area contributed by atoms with Crippen LogP contribution in [0.3, 0.4) is 0 Å². The summed E-state index contributed by atoms with van der Waals surface area (Å²) in [6.07, 6.45) is 16.5. The summed E-state index contributed by atoms with van der Waals surface area (Å²) in [5, 5.41) is 10.3. The number of aliphatic hydroxyl groups is 1. The van der Waals surface area contributed by atoms with Crippen molar-refractivity contribution in [2.75, 3.05) is 0 Å². The highest BCUT2D eigenvalue weighted by molar-refractivity contribution is 5.35.